The first kappa shape index (κ1) is 12.3. The van der Waals surface area contributed by atoms with Gasteiger partial charge in [-0.25, -0.2) is 24.0 Å². The van der Waals surface area contributed by atoms with Gasteiger partial charge in [0.25, 0.3) is 0 Å². The molecule has 1 aromatic carbocycles. The summed E-state index contributed by atoms with van der Waals surface area (Å²) in [5, 5.41) is 0. The van der Waals surface area contributed by atoms with Crippen LogP contribution in [-0.4, -0.2) is 19.6 Å². The molecule has 0 fully saturated rings. The van der Waals surface area contributed by atoms with Crippen LogP contribution in [0.15, 0.2) is 49.1 Å². The Morgan fingerprint density at radius 2 is 2.05 bits per heavy atom. The minimum Gasteiger partial charge on any atom is -0.276 e. The first-order chi connectivity index (χ1) is 9.72. The fourth-order valence-electron chi connectivity index (χ4n) is 1.89. The van der Waals surface area contributed by atoms with Crippen LogP contribution in [0.2, 0.25) is 0 Å². The Balaban J connectivity index is 2.01. The number of rotatable bonds is 3. The van der Waals surface area contributed by atoms with Gasteiger partial charge in [-0.05, 0) is 19.1 Å². The van der Waals surface area contributed by atoms with E-state index in [9.17, 15) is 4.39 Å². The van der Waals surface area contributed by atoms with Crippen LogP contribution in [0.1, 0.15) is 5.82 Å². The van der Waals surface area contributed by atoms with E-state index < -0.39 is 0 Å². The number of aromatic nitrogens is 4. The van der Waals surface area contributed by atoms with Crippen LogP contribution in [0.25, 0.3) is 11.3 Å². The molecule has 6 heteroatoms. The van der Waals surface area contributed by atoms with E-state index in [2.05, 4.69) is 20.4 Å². The molecule has 0 aliphatic rings. The van der Waals surface area contributed by atoms with Gasteiger partial charge >= 0.3 is 0 Å². The van der Waals surface area contributed by atoms with Crippen molar-refractivity contribution in [2.45, 2.75) is 6.92 Å². The summed E-state index contributed by atoms with van der Waals surface area (Å²) >= 11 is 0. The number of aryl methyl sites for hydroxylation is 1. The summed E-state index contributed by atoms with van der Waals surface area (Å²) in [5.41, 5.74) is 4.03. The summed E-state index contributed by atoms with van der Waals surface area (Å²) in [5.74, 6) is 0.835. The molecule has 20 heavy (non-hydrogen) atoms. The molecular formula is C14H12FN5. The average molecular weight is 269 g/mol. The van der Waals surface area contributed by atoms with E-state index in [1.807, 2.05) is 0 Å². The van der Waals surface area contributed by atoms with E-state index in [1.54, 1.807) is 54.6 Å². The zero-order valence-electron chi connectivity index (χ0n) is 10.8. The van der Waals surface area contributed by atoms with Crippen molar-refractivity contribution in [3.8, 4) is 11.3 Å². The van der Waals surface area contributed by atoms with Crippen molar-refractivity contribution in [2.75, 3.05) is 5.43 Å². The van der Waals surface area contributed by atoms with Gasteiger partial charge in [-0.15, -0.1) is 0 Å². The maximum atomic E-state index is 13.8. The summed E-state index contributed by atoms with van der Waals surface area (Å²) in [7, 11) is 0. The lowest BCUT2D eigenvalue weighted by molar-refractivity contribution is 0.630. The number of halogens is 1. The van der Waals surface area contributed by atoms with Crippen molar-refractivity contribution < 1.29 is 4.39 Å². The molecule has 0 saturated carbocycles. The van der Waals surface area contributed by atoms with Crippen molar-refractivity contribution in [3.63, 3.8) is 0 Å². The molecule has 3 aromatic rings. The molecule has 0 amide bonds. The minimum atomic E-state index is -0.306. The number of nitrogens with zero attached hydrogens (tertiary/aromatic N) is 4. The summed E-state index contributed by atoms with van der Waals surface area (Å²) in [6.45, 7) is 1.77. The Labute approximate surface area is 115 Å². The second-order valence-electron chi connectivity index (χ2n) is 4.25. The smallest absolute Gasteiger partial charge is 0.149 e. The highest BCUT2D eigenvalue weighted by Gasteiger charge is 2.08. The van der Waals surface area contributed by atoms with Crippen LogP contribution in [0.5, 0.6) is 0 Å². The second kappa shape index (κ2) is 5.08. The van der Waals surface area contributed by atoms with Gasteiger partial charge in [0.1, 0.15) is 23.8 Å². The number of benzene rings is 1. The molecule has 0 aliphatic heterocycles. The Bertz CT molecular complexity index is 724. The summed E-state index contributed by atoms with van der Waals surface area (Å²) in [6.07, 6.45) is 5.01. The van der Waals surface area contributed by atoms with Gasteiger partial charge in [-0.1, -0.05) is 12.1 Å². The van der Waals surface area contributed by atoms with Crippen LogP contribution in [0.3, 0.4) is 0 Å². The lowest BCUT2D eigenvalue weighted by Crippen LogP contribution is -2.09. The van der Waals surface area contributed by atoms with E-state index in [1.165, 1.54) is 6.07 Å². The highest BCUT2D eigenvalue weighted by atomic mass is 19.1. The van der Waals surface area contributed by atoms with E-state index >= 15 is 0 Å². The van der Waals surface area contributed by atoms with Gasteiger partial charge in [0, 0.05) is 24.0 Å². The van der Waals surface area contributed by atoms with Gasteiger partial charge in [-0.3, -0.25) is 5.43 Å². The van der Waals surface area contributed by atoms with Crippen LogP contribution >= 0.6 is 0 Å². The lowest BCUT2D eigenvalue weighted by atomic mass is 10.1. The average Bonchev–Trinajstić information content (AvgIpc) is 2.91. The highest BCUT2D eigenvalue weighted by Crippen LogP contribution is 2.22. The molecule has 2 aromatic heterocycles. The topological polar surface area (TPSA) is 55.6 Å². The maximum Gasteiger partial charge on any atom is 0.149 e. The quantitative estimate of drug-likeness (QED) is 0.794. The fraction of sp³-hybridized carbons (Fsp3) is 0.0714. The van der Waals surface area contributed by atoms with Crippen LogP contribution in [0.4, 0.5) is 10.2 Å². The van der Waals surface area contributed by atoms with Crippen LogP contribution in [0, 0.1) is 12.7 Å². The normalized spacial score (nSPS) is 10.5. The van der Waals surface area contributed by atoms with E-state index in [0.717, 1.165) is 0 Å². The number of nitrogens with one attached hydrogen (secondary N) is 1. The fourth-order valence-corrected chi connectivity index (χ4v) is 1.89. The van der Waals surface area contributed by atoms with E-state index in [4.69, 9.17) is 0 Å². The molecule has 0 spiro atoms. The Kier molecular flexibility index (Phi) is 3.12. The predicted octanol–water partition coefficient (Wildman–Crippen LogP) is 2.66. The van der Waals surface area contributed by atoms with Gasteiger partial charge in [0.05, 0.1) is 5.69 Å². The standard InChI is InChI=1S/C14H12FN5/c1-10-17-13(11-4-2-3-5-12(11)15)8-14(18-10)19-20-7-6-16-9-20/h2-9H,1H3,(H,17,18,19). The zero-order chi connectivity index (χ0) is 13.9. The zero-order valence-corrected chi connectivity index (χ0v) is 10.8. The molecule has 0 saturated heterocycles. The Morgan fingerprint density at radius 3 is 2.80 bits per heavy atom. The highest BCUT2D eigenvalue weighted by molar-refractivity contribution is 5.63. The van der Waals surface area contributed by atoms with Crippen molar-refractivity contribution in [3.05, 3.63) is 60.7 Å². The third kappa shape index (κ3) is 2.49. The molecule has 0 bridgehead atoms. The monoisotopic (exact) mass is 269 g/mol. The number of hydrogen-bond donors (Lipinski definition) is 1. The summed E-state index contributed by atoms with van der Waals surface area (Å²) in [4.78, 5) is 12.5. The second-order valence-corrected chi connectivity index (χ2v) is 4.25. The molecule has 5 nitrogen and oxygen atoms in total. The van der Waals surface area contributed by atoms with Gasteiger partial charge in [0.15, 0.2) is 0 Å². The van der Waals surface area contributed by atoms with Crippen molar-refractivity contribution in [1.82, 2.24) is 19.6 Å². The number of hydrogen-bond acceptors (Lipinski definition) is 4. The third-order valence-corrected chi connectivity index (χ3v) is 2.74. The first-order valence-corrected chi connectivity index (χ1v) is 6.08. The molecule has 0 unspecified atom stereocenters. The molecule has 0 radical (unpaired) electrons. The molecule has 0 aliphatic carbocycles. The molecule has 0 atom stereocenters. The lowest BCUT2D eigenvalue weighted by Gasteiger charge is -2.09. The number of imidazole rings is 1. The van der Waals surface area contributed by atoms with Gasteiger partial charge in [0.2, 0.25) is 0 Å². The minimum absolute atomic E-state index is 0.306. The van der Waals surface area contributed by atoms with E-state index in [0.29, 0.717) is 22.9 Å². The third-order valence-electron chi connectivity index (χ3n) is 2.74. The SMILES string of the molecule is Cc1nc(Nn2ccnc2)cc(-c2ccccc2F)n1. The summed E-state index contributed by atoms with van der Waals surface area (Å²) in [6, 6.07) is 8.23. The van der Waals surface area contributed by atoms with Crippen LogP contribution < -0.4 is 5.43 Å². The van der Waals surface area contributed by atoms with Crippen molar-refractivity contribution in [1.29, 1.82) is 0 Å². The number of anilines is 1. The first-order valence-electron chi connectivity index (χ1n) is 6.08. The van der Waals surface area contributed by atoms with Gasteiger partial charge in [-0.2, -0.15) is 0 Å². The van der Waals surface area contributed by atoms with E-state index in [-0.39, 0.29) is 5.82 Å². The van der Waals surface area contributed by atoms with Gasteiger partial charge < -0.3 is 0 Å². The molecule has 100 valence electrons. The maximum absolute atomic E-state index is 13.8. The molecule has 1 N–H and O–H groups in total. The predicted molar refractivity (Wildman–Crippen MR) is 73.4 cm³/mol. The Morgan fingerprint density at radius 1 is 1.20 bits per heavy atom. The Hall–Kier alpha value is -2.76. The molecule has 3 rings (SSSR count). The van der Waals surface area contributed by atoms with Crippen LogP contribution in [-0.2, 0) is 0 Å². The molecular weight excluding hydrogens is 257 g/mol. The van der Waals surface area contributed by atoms with Crippen molar-refractivity contribution in [2.24, 2.45) is 0 Å². The van der Waals surface area contributed by atoms with Crippen molar-refractivity contribution >= 4 is 5.82 Å². The molecule has 2 heterocycles. The largest absolute Gasteiger partial charge is 0.276 e. The summed E-state index contributed by atoms with van der Waals surface area (Å²) < 4.78 is 15.5.